The van der Waals surface area contributed by atoms with Gasteiger partial charge in [-0.05, 0) is 71.3 Å². The Morgan fingerprint density at radius 1 is 1.38 bits per heavy atom. The number of benzene rings is 1. The molecule has 1 saturated heterocycles. The van der Waals surface area contributed by atoms with Crippen molar-refractivity contribution in [3.05, 3.63) is 29.3 Å². The summed E-state index contributed by atoms with van der Waals surface area (Å²) in [5.74, 6) is 0.402. The maximum Gasteiger partial charge on any atom is 0.120 e. The Morgan fingerprint density at radius 3 is 2.90 bits per heavy atom. The number of aromatic hydroxyl groups is 1. The number of likely N-dealkylation sites (tertiary alicyclic amines) is 1. The van der Waals surface area contributed by atoms with Crippen molar-refractivity contribution in [1.29, 1.82) is 0 Å². The Hall–Kier alpha value is -1.06. The molecule has 0 saturated carbocycles. The van der Waals surface area contributed by atoms with Gasteiger partial charge in [0.05, 0.1) is 0 Å². The van der Waals surface area contributed by atoms with Crippen LogP contribution in [0.5, 0.6) is 5.75 Å². The van der Waals surface area contributed by atoms with E-state index in [4.69, 9.17) is 0 Å². The van der Waals surface area contributed by atoms with Gasteiger partial charge in [-0.1, -0.05) is 18.6 Å². The molecule has 0 aromatic heterocycles. The Kier molecular flexibility index (Phi) is 6.07. The van der Waals surface area contributed by atoms with Crippen LogP contribution in [0.15, 0.2) is 18.2 Å². The molecule has 0 amide bonds. The molecular formula is C18H30N2O. The van der Waals surface area contributed by atoms with Gasteiger partial charge in [0, 0.05) is 17.6 Å². The molecule has 3 nitrogen and oxygen atoms in total. The summed E-state index contributed by atoms with van der Waals surface area (Å²) < 4.78 is 0. The molecule has 1 fully saturated rings. The van der Waals surface area contributed by atoms with Crippen molar-refractivity contribution in [3.8, 4) is 5.75 Å². The van der Waals surface area contributed by atoms with Gasteiger partial charge in [0.2, 0.25) is 0 Å². The van der Waals surface area contributed by atoms with E-state index in [0.717, 1.165) is 23.7 Å². The summed E-state index contributed by atoms with van der Waals surface area (Å²) in [5.41, 5.74) is 2.09. The van der Waals surface area contributed by atoms with Crippen LogP contribution in [0.4, 0.5) is 0 Å². The number of piperidine rings is 1. The van der Waals surface area contributed by atoms with Crippen molar-refractivity contribution in [2.75, 3.05) is 19.6 Å². The van der Waals surface area contributed by atoms with E-state index in [1.54, 1.807) is 0 Å². The predicted molar refractivity (Wildman–Crippen MR) is 88.8 cm³/mol. The number of nitrogens with one attached hydrogen (secondary N) is 1. The SMILES string of the molecule is Cc1ccc(C(C)NCCCN2CCCCC2C)c(O)c1. The van der Waals surface area contributed by atoms with Crippen LogP contribution in [0.2, 0.25) is 0 Å². The number of phenols is 1. The van der Waals surface area contributed by atoms with Crippen LogP contribution in [0.1, 0.15) is 56.7 Å². The van der Waals surface area contributed by atoms with Gasteiger partial charge in [-0.25, -0.2) is 0 Å². The highest BCUT2D eigenvalue weighted by molar-refractivity contribution is 5.37. The van der Waals surface area contributed by atoms with Crippen molar-refractivity contribution < 1.29 is 5.11 Å². The van der Waals surface area contributed by atoms with E-state index in [1.165, 1.54) is 38.8 Å². The van der Waals surface area contributed by atoms with Crippen LogP contribution in [-0.2, 0) is 0 Å². The molecule has 0 aliphatic carbocycles. The lowest BCUT2D eigenvalue weighted by Crippen LogP contribution is -2.39. The van der Waals surface area contributed by atoms with Crippen LogP contribution in [0, 0.1) is 6.92 Å². The minimum atomic E-state index is 0.198. The Bertz CT molecular complexity index is 447. The molecule has 0 radical (unpaired) electrons. The molecule has 2 rings (SSSR count). The van der Waals surface area contributed by atoms with Gasteiger partial charge >= 0.3 is 0 Å². The first-order valence-corrected chi connectivity index (χ1v) is 8.35. The molecule has 1 aromatic carbocycles. The van der Waals surface area contributed by atoms with E-state index in [0.29, 0.717) is 5.75 Å². The molecule has 3 heteroatoms. The number of rotatable bonds is 6. The molecular weight excluding hydrogens is 260 g/mol. The van der Waals surface area contributed by atoms with E-state index in [-0.39, 0.29) is 6.04 Å². The van der Waals surface area contributed by atoms with E-state index in [9.17, 15) is 5.11 Å². The van der Waals surface area contributed by atoms with Gasteiger partial charge in [0.1, 0.15) is 5.75 Å². The van der Waals surface area contributed by atoms with Gasteiger partial charge in [0.15, 0.2) is 0 Å². The molecule has 2 unspecified atom stereocenters. The van der Waals surface area contributed by atoms with Crippen molar-refractivity contribution >= 4 is 0 Å². The van der Waals surface area contributed by atoms with E-state index < -0.39 is 0 Å². The van der Waals surface area contributed by atoms with Crippen molar-refractivity contribution in [1.82, 2.24) is 10.2 Å². The molecule has 0 spiro atoms. The lowest BCUT2D eigenvalue weighted by molar-refractivity contribution is 0.158. The topological polar surface area (TPSA) is 35.5 Å². The fourth-order valence-corrected chi connectivity index (χ4v) is 3.22. The van der Waals surface area contributed by atoms with Crippen molar-refractivity contribution in [2.45, 2.75) is 58.5 Å². The van der Waals surface area contributed by atoms with Crippen LogP contribution in [0.25, 0.3) is 0 Å². The number of hydrogen-bond acceptors (Lipinski definition) is 3. The fraction of sp³-hybridized carbons (Fsp3) is 0.667. The maximum absolute atomic E-state index is 10.0. The quantitative estimate of drug-likeness (QED) is 0.786. The lowest BCUT2D eigenvalue weighted by Gasteiger charge is -2.33. The smallest absolute Gasteiger partial charge is 0.120 e. The summed E-state index contributed by atoms with van der Waals surface area (Å²) >= 11 is 0. The molecule has 1 aromatic rings. The summed E-state index contributed by atoms with van der Waals surface area (Å²) in [5, 5.41) is 13.5. The third-order valence-corrected chi connectivity index (χ3v) is 4.67. The van der Waals surface area contributed by atoms with Crippen LogP contribution in [0.3, 0.4) is 0 Å². The molecule has 1 heterocycles. The zero-order valence-corrected chi connectivity index (χ0v) is 13.7. The maximum atomic E-state index is 10.0. The Morgan fingerprint density at radius 2 is 2.19 bits per heavy atom. The standard InChI is InChI=1S/C18H30N2O/c1-14-8-9-17(18(21)13-14)16(3)19-10-6-12-20-11-5-4-7-15(20)2/h8-9,13,15-16,19,21H,4-7,10-12H2,1-3H3. The predicted octanol–water partition coefficient (Wildman–Crippen LogP) is 3.62. The van der Waals surface area contributed by atoms with Gasteiger partial charge < -0.3 is 15.3 Å². The van der Waals surface area contributed by atoms with Crippen LogP contribution >= 0.6 is 0 Å². The average molecular weight is 290 g/mol. The van der Waals surface area contributed by atoms with E-state index in [1.807, 2.05) is 19.1 Å². The van der Waals surface area contributed by atoms with Gasteiger partial charge in [-0.3, -0.25) is 0 Å². The summed E-state index contributed by atoms with van der Waals surface area (Å²) in [6.07, 6.45) is 5.26. The van der Waals surface area contributed by atoms with Crippen LogP contribution < -0.4 is 5.32 Å². The summed E-state index contributed by atoms with van der Waals surface area (Å²) in [4.78, 5) is 2.61. The lowest BCUT2D eigenvalue weighted by atomic mass is 10.0. The fourth-order valence-electron chi connectivity index (χ4n) is 3.22. The number of aryl methyl sites for hydroxylation is 1. The van der Waals surface area contributed by atoms with Gasteiger partial charge in [-0.2, -0.15) is 0 Å². The monoisotopic (exact) mass is 290 g/mol. The second kappa shape index (κ2) is 7.81. The molecule has 0 bridgehead atoms. The first kappa shape index (κ1) is 16.3. The normalized spacial score (nSPS) is 21.4. The number of phenolic OH excluding ortho intramolecular Hbond substituents is 1. The third kappa shape index (κ3) is 4.72. The molecule has 1 aliphatic rings. The minimum Gasteiger partial charge on any atom is -0.508 e. The van der Waals surface area contributed by atoms with Gasteiger partial charge in [-0.15, -0.1) is 0 Å². The van der Waals surface area contributed by atoms with E-state index >= 15 is 0 Å². The second-order valence-corrected chi connectivity index (χ2v) is 6.47. The Labute approximate surface area is 129 Å². The number of nitrogens with zero attached hydrogens (tertiary/aromatic N) is 1. The molecule has 1 aliphatic heterocycles. The highest BCUT2D eigenvalue weighted by atomic mass is 16.3. The zero-order valence-electron chi connectivity index (χ0n) is 13.7. The van der Waals surface area contributed by atoms with Crippen LogP contribution in [-0.4, -0.2) is 35.7 Å². The van der Waals surface area contributed by atoms with Crippen molar-refractivity contribution in [3.63, 3.8) is 0 Å². The summed E-state index contributed by atoms with van der Waals surface area (Å²) in [7, 11) is 0. The molecule has 2 atom stereocenters. The first-order chi connectivity index (χ1) is 10.1. The highest BCUT2D eigenvalue weighted by Gasteiger charge is 2.17. The van der Waals surface area contributed by atoms with Crippen molar-refractivity contribution in [2.24, 2.45) is 0 Å². The third-order valence-electron chi connectivity index (χ3n) is 4.67. The molecule has 21 heavy (non-hydrogen) atoms. The van der Waals surface area contributed by atoms with Gasteiger partial charge in [0.25, 0.3) is 0 Å². The Balaban J connectivity index is 1.72. The summed E-state index contributed by atoms with van der Waals surface area (Å²) in [6.45, 7) is 9.91. The second-order valence-electron chi connectivity index (χ2n) is 6.47. The average Bonchev–Trinajstić information content (AvgIpc) is 2.45. The largest absolute Gasteiger partial charge is 0.508 e. The molecule has 2 N–H and O–H groups in total. The zero-order chi connectivity index (χ0) is 15.2. The number of hydrogen-bond donors (Lipinski definition) is 2. The minimum absolute atomic E-state index is 0.198. The highest BCUT2D eigenvalue weighted by Crippen LogP contribution is 2.24. The van der Waals surface area contributed by atoms with E-state index in [2.05, 4.69) is 30.1 Å². The first-order valence-electron chi connectivity index (χ1n) is 8.35. The molecule has 118 valence electrons. The summed E-state index contributed by atoms with van der Waals surface area (Å²) in [6, 6.07) is 6.86.